The van der Waals surface area contributed by atoms with E-state index in [1.807, 2.05) is 49.4 Å². The Bertz CT molecular complexity index is 636. The number of carbonyl (C=O) groups is 1. The second-order valence-electron chi connectivity index (χ2n) is 5.06. The topological polar surface area (TPSA) is 29.5 Å². The Hall–Kier alpha value is -1.33. The average molecular weight is 427 g/mol. The molecule has 0 aromatic heterocycles. The Morgan fingerprint density at radius 1 is 1.18 bits per heavy atom. The van der Waals surface area contributed by atoms with E-state index in [0.29, 0.717) is 12.3 Å². The predicted octanol–water partition coefficient (Wildman–Crippen LogP) is 4.56. The van der Waals surface area contributed by atoms with Gasteiger partial charge in [0.05, 0.1) is 4.47 Å². The van der Waals surface area contributed by atoms with Gasteiger partial charge in [-0.3, -0.25) is 4.79 Å². The Kier molecular flexibility index (Phi) is 6.03. The second-order valence-corrected chi connectivity index (χ2v) is 6.83. The van der Waals surface area contributed by atoms with E-state index in [1.165, 1.54) is 0 Å². The molecule has 2 aromatic carbocycles. The first-order chi connectivity index (χ1) is 10.5. The Morgan fingerprint density at radius 3 is 2.50 bits per heavy atom. The van der Waals surface area contributed by atoms with Gasteiger partial charge in [-0.2, -0.15) is 0 Å². The highest BCUT2D eigenvalue weighted by Crippen LogP contribution is 2.32. The largest absolute Gasteiger partial charge is 0.482 e. The number of ether oxygens (including phenoxy) is 1. The molecular formula is C17H17Br2NO2. The lowest BCUT2D eigenvalue weighted by Gasteiger charge is -2.18. The normalized spacial score (nSPS) is 10.4. The van der Waals surface area contributed by atoms with Gasteiger partial charge in [-0.1, -0.05) is 46.3 Å². The maximum atomic E-state index is 12.2. The molecule has 3 nitrogen and oxygen atoms in total. The van der Waals surface area contributed by atoms with Crippen molar-refractivity contribution >= 4 is 37.8 Å². The second kappa shape index (κ2) is 7.79. The van der Waals surface area contributed by atoms with E-state index in [-0.39, 0.29) is 12.5 Å². The molecule has 5 heteroatoms. The van der Waals surface area contributed by atoms with Crippen LogP contribution in [0.2, 0.25) is 0 Å². The van der Waals surface area contributed by atoms with Crippen molar-refractivity contribution in [2.24, 2.45) is 0 Å². The maximum Gasteiger partial charge on any atom is 0.260 e. The number of hydrogen-bond donors (Lipinski definition) is 0. The molecule has 0 fully saturated rings. The molecule has 116 valence electrons. The molecule has 0 aliphatic carbocycles. The molecule has 1 amide bonds. The van der Waals surface area contributed by atoms with Gasteiger partial charge in [-0.15, -0.1) is 0 Å². The molecule has 0 aliphatic heterocycles. The molecule has 22 heavy (non-hydrogen) atoms. The fourth-order valence-corrected chi connectivity index (χ4v) is 3.61. The van der Waals surface area contributed by atoms with E-state index in [4.69, 9.17) is 4.74 Å². The first-order valence-electron chi connectivity index (χ1n) is 6.83. The highest BCUT2D eigenvalue weighted by molar-refractivity contribution is 9.11. The van der Waals surface area contributed by atoms with E-state index in [9.17, 15) is 4.79 Å². The van der Waals surface area contributed by atoms with Gasteiger partial charge in [-0.05, 0) is 46.1 Å². The van der Waals surface area contributed by atoms with Gasteiger partial charge in [-0.25, -0.2) is 0 Å². The monoisotopic (exact) mass is 425 g/mol. The molecule has 0 spiro atoms. The number of benzene rings is 2. The van der Waals surface area contributed by atoms with Crippen molar-refractivity contribution < 1.29 is 9.53 Å². The molecule has 0 radical (unpaired) electrons. The number of nitrogens with zero attached hydrogens (tertiary/aromatic N) is 1. The zero-order valence-electron chi connectivity index (χ0n) is 12.5. The van der Waals surface area contributed by atoms with Crippen molar-refractivity contribution in [2.75, 3.05) is 13.7 Å². The summed E-state index contributed by atoms with van der Waals surface area (Å²) in [4.78, 5) is 13.9. The van der Waals surface area contributed by atoms with Crippen LogP contribution in [0.1, 0.15) is 11.1 Å². The van der Waals surface area contributed by atoms with Crippen molar-refractivity contribution in [3.8, 4) is 5.75 Å². The van der Waals surface area contributed by atoms with Crippen molar-refractivity contribution in [3.63, 3.8) is 0 Å². The summed E-state index contributed by atoms with van der Waals surface area (Å²) in [6.45, 7) is 2.54. The lowest BCUT2D eigenvalue weighted by molar-refractivity contribution is -0.132. The van der Waals surface area contributed by atoms with E-state index < -0.39 is 0 Å². The minimum Gasteiger partial charge on any atom is -0.482 e. The molecule has 0 saturated carbocycles. The third-order valence-electron chi connectivity index (χ3n) is 3.22. The van der Waals surface area contributed by atoms with Crippen LogP contribution in [0.25, 0.3) is 0 Å². The fraction of sp³-hybridized carbons (Fsp3) is 0.235. The van der Waals surface area contributed by atoms with Gasteiger partial charge in [0.2, 0.25) is 0 Å². The first-order valence-corrected chi connectivity index (χ1v) is 8.42. The van der Waals surface area contributed by atoms with Gasteiger partial charge in [0.1, 0.15) is 5.75 Å². The highest BCUT2D eigenvalue weighted by Gasteiger charge is 2.13. The number of rotatable bonds is 5. The summed E-state index contributed by atoms with van der Waals surface area (Å²) < 4.78 is 7.48. The van der Waals surface area contributed by atoms with E-state index in [0.717, 1.165) is 20.1 Å². The molecule has 0 atom stereocenters. The zero-order valence-corrected chi connectivity index (χ0v) is 15.6. The van der Waals surface area contributed by atoms with E-state index >= 15 is 0 Å². The smallest absolute Gasteiger partial charge is 0.260 e. The Morgan fingerprint density at radius 2 is 1.86 bits per heavy atom. The van der Waals surface area contributed by atoms with Crippen LogP contribution in [0.3, 0.4) is 0 Å². The van der Waals surface area contributed by atoms with E-state index in [2.05, 4.69) is 31.9 Å². The van der Waals surface area contributed by atoms with Crippen LogP contribution < -0.4 is 4.74 Å². The summed E-state index contributed by atoms with van der Waals surface area (Å²) in [5, 5.41) is 0. The van der Waals surface area contributed by atoms with Gasteiger partial charge >= 0.3 is 0 Å². The minimum absolute atomic E-state index is 0.0183. The Balaban J connectivity index is 1.95. The molecule has 2 aromatic rings. The third-order valence-corrected chi connectivity index (χ3v) is 4.27. The van der Waals surface area contributed by atoms with Gasteiger partial charge in [0.25, 0.3) is 5.91 Å². The summed E-state index contributed by atoms with van der Waals surface area (Å²) in [6, 6.07) is 13.8. The fourth-order valence-electron chi connectivity index (χ4n) is 2.06. The molecule has 0 bridgehead atoms. The van der Waals surface area contributed by atoms with Gasteiger partial charge in [0.15, 0.2) is 6.61 Å². The molecule has 0 saturated heterocycles. The number of halogens is 2. The van der Waals surface area contributed by atoms with Crippen molar-refractivity contribution in [1.29, 1.82) is 0 Å². The van der Waals surface area contributed by atoms with Crippen LogP contribution in [0, 0.1) is 6.92 Å². The van der Waals surface area contributed by atoms with Crippen molar-refractivity contribution in [2.45, 2.75) is 13.5 Å². The average Bonchev–Trinajstić information content (AvgIpc) is 2.46. The minimum atomic E-state index is -0.0573. The number of likely N-dealkylation sites (N-methyl/N-ethyl adjacent to an activating group) is 1. The predicted molar refractivity (Wildman–Crippen MR) is 95.0 cm³/mol. The molecule has 0 heterocycles. The summed E-state index contributed by atoms with van der Waals surface area (Å²) in [6.07, 6.45) is 0. The summed E-state index contributed by atoms with van der Waals surface area (Å²) >= 11 is 6.89. The van der Waals surface area contributed by atoms with E-state index in [1.54, 1.807) is 11.9 Å². The maximum absolute atomic E-state index is 12.2. The number of amides is 1. The van der Waals surface area contributed by atoms with Crippen molar-refractivity contribution in [3.05, 3.63) is 62.5 Å². The SMILES string of the molecule is Cc1cc(Br)cc(Br)c1OCC(=O)N(C)Cc1ccccc1. The lowest BCUT2D eigenvalue weighted by atomic mass is 10.2. The standard InChI is InChI=1S/C17H17Br2NO2/c1-12-8-14(18)9-15(19)17(12)22-11-16(21)20(2)10-13-6-4-3-5-7-13/h3-9H,10-11H2,1-2H3. The molecule has 0 unspecified atom stereocenters. The molecule has 0 N–H and O–H groups in total. The van der Waals surface area contributed by atoms with Gasteiger partial charge in [0, 0.05) is 18.1 Å². The quantitative estimate of drug-likeness (QED) is 0.701. The van der Waals surface area contributed by atoms with Crippen LogP contribution in [0.5, 0.6) is 5.75 Å². The van der Waals surface area contributed by atoms with Crippen LogP contribution >= 0.6 is 31.9 Å². The summed E-state index contributed by atoms with van der Waals surface area (Å²) in [5.41, 5.74) is 2.07. The first kappa shape index (κ1) is 17.0. The van der Waals surface area contributed by atoms with Crippen LogP contribution in [0.15, 0.2) is 51.4 Å². The van der Waals surface area contributed by atoms with Crippen LogP contribution in [-0.4, -0.2) is 24.5 Å². The van der Waals surface area contributed by atoms with Crippen LogP contribution in [-0.2, 0) is 11.3 Å². The number of aryl methyl sites for hydroxylation is 1. The zero-order chi connectivity index (χ0) is 16.1. The lowest BCUT2D eigenvalue weighted by Crippen LogP contribution is -2.31. The van der Waals surface area contributed by atoms with Crippen molar-refractivity contribution in [1.82, 2.24) is 4.90 Å². The highest BCUT2D eigenvalue weighted by atomic mass is 79.9. The number of hydrogen-bond acceptors (Lipinski definition) is 2. The third kappa shape index (κ3) is 4.58. The molecule has 2 rings (SSSR count). The molecular weight excluding hydrogens is 410 g/mol. The Labute approximate surface area is 147 Å². The summed E-state index contributed by atoms with van der Waals surface area (Å²) in [5.74, 6) is 0.641. The van der Waals surface area contributed by atoms with Gasteiger partial charge < -0.3 is 9.64 Å². The molecule has 0 aliphatic rings. The number of carbonyl (C=O) groups excluding carboxylic acids is 1. The summed E-state index contributed by atoms with van der Waals surface area (Å²) in [7, 11) is 1.78. The van der Waals surface area contributed by atoms with Crippen LogP contribution in [0.4, 0.5) is 0 Å².